The molecule has 0 saturated carbocycles. The van der Waals surface area contributed by atoms with Crippen molar-refractivity contribution in [2.75, 3.05) is 0 Å². The third-order valence-corrected chi connectivity index (χ3v) is 2.22. The zero-order chi connectivity index (χ0) is 11.8. The summed E-state index contributed by atoms with van der Waals surface area (Å²) in [6.45, 7) is 0. The first-order valence-corrected chi connectivity index (χ1v) is 4.62. The van der Waals surface area contributed by atoms with Gasteiger partial charge in [0, 0.05) is 10.6 Å². The van der Waals surface area contributed by atoms with E-state index < -0.39 is 11.7 Å². The summed E-state index contributed by atoms with van der Waals surface area (Å²) in [6.07, 6.45) is -2.18. The highest BCUT2D eigenvalue weighted by Gasteiger charge is 2.34. The van der Waals surface area contributed by atoms with Crippen LogP contribution in [0.1, 0.15) is 5.56 Å². The van der Waals surface area contributed by atoms with Gasteiger partial charge in [0.1, 0.15) is 0 Å². The van der Waals surface area contributed by atoms with E-state index in [-0.39, 0.29) is 16.3 Å². The quantitative estimate of drug-likeness (QED) is 0.761. The van der Waals surface area contributed by atoms with Crippen LogP contribution in [-0.4, -0.2) is 4.98 Å². The Morgan fingerprint density at radius 1 is 1.25 bits per heavy atom. The lowest BCUT2D eigenvalue weighted by atomic mass is 10.1. The van der Waals surface area contributed by atoms with Gasteiger partial charge in [-0.25, -0.2) is 4.98 Å². The summed E-state index contributed by atoms with van der Waals surface area (Å²) in [6, 6.07) is 3.30. The molecule has 0 amide bonds. The van der Waals surface area contributed by atoms with Crippen molar-refractivity contribution < 1.29 is 17.6 Å². The fraction of sp³-hybridized carbons (Fsp3) is 0.100. The van der Waals surface area contributed by atoms with Crippen LogP contribution in [0.25, 0.3) is 11.3 Å². The van der Waals surface area contributed by atoms with Gasteiger partial charge in [-0.3, -0.25) is 0 Å². The molecule has 0 saturated heterocycles. The molecular weight excluding hydrogens is 243 g/mol. The third kappa shape index (κ3) is 2.04. The number of halogens is 4. The van der Waals surface area contributed by atoms with Crippen LogP contribution in [-0.2, 0) is 6.18 Å². The second-order valence-corrected chi connectivity index (χ2v) is 3.49. The number of hydrogen-bond acceptors (Lipinski definition) is 2. The number of alkyl halides is 3. The van der Waals surface area contributed by atoms with Crippen molar-refractivity contribution >= 4 is 11.6 Å². The largest absolute Gasteiger partial charge is 0.444 e. The highest BCUT2D eigenvalue weighted by molar-refractivity contribution is 6.30. The van der Waals surface area contributed by atoms with E-state index in [1.54, 1.807) is 0 Å². The standard InChI is InChI=1S/C10H5ClF3NO/c11-6-1-2-8(10(12,13)14)7(3-6)9-4-15-5-16-9/h1-5H. The van der Waals surface area contributed by atoms with Crippen molar-refractivity contribution in [3.63, 3.8) is 0 Å². The average molecular weight is 248 g/mol. The molecule has 1 aromatic heterocycles. The van der Waals surface area contributed by atoms with Gasteiger partial charge in [0.15, 0.2) is 12.2 Å². The second kappa shape index (κ2) is 3.83. The molecule has 1 aromatic carbocycles. The Bertz CT molecular complexity index is 493. The summed E-state index contributed by atoms with van der Waals surface area (Å²) < 4.78 is 42.8. The first-order valence-electron chi connectivity index (χ1n) is 4.24. The summed E-state index contributed by atoms with van der Waals surface area (Å²) in [5.41, 5.74) is -0.911. The van der Waals surface area contributed by atoms with Crippen molar-refractivity contribution in [1.82, 2.24) is 4.98 Å². The fourth-order valence-electron chi connectivity index (χ4n) is 1.32. The zero-order valence-corrected chi connectivity index (χ0v) is 8.51. The lowest BCUT2D eigenvalue weighted by Crippen LogP contribution is -2.06. The molecule has 2 aromatic rings. The maximum Gasteiger partial charge on any atom is 0.417 e. The van der Waals surface area contributed by atoms with Crippen LogP contribution >= 0.6 is 11.6 Å². The van der Waals surface area contributed by atoms with Gasteiger partial charge in [-0.05, 0) is 18.2 Å². The first kappa shape index (κ1) is 11.0. The Hall–Kier alpha value is -1.49. The van der Waals surface area contributed by atoms with Crippen LogP contribution in [0, 0.1) is 0 Å². The summed E-state index contributed by atoms with van der Waals surface area (Å²) in [4.78, 5) is 3.57. The SMILES string of the molecule is FC(F)(F)c1ccc(Cl)cc1-c1cnco1. The number of benzene rings is 1. The molecule has 2 rings (SSSR count). The number of aromatic nitrogens is 1. The van der Waals surface area contributed by atoms with E-state index in [2.05, 4.69) is 4.98 Å². The van der Waals surface area contributed by atoms with Crippen LogP contribution < -0.4 is 0 Å². The Kier molecular flexibility index (Phi) is 2.63. The fourth-order valence-corrected chi connectivity index (χ4v) is 1.49. The molecule has 6 heteroatoms. The predicted octanol–water partition coefficient (Wildman–Crippen LogP) is 4.01. The number of oxazole rings is 1. The second-order valence-electron chi connectivity index (χ2n) is 3.05. The normalized spacial score (nSPS) is 11.8. The Balaban J connectivity index is 2.63. The molecule has 0 fully saturated rings. The van der Waals surface area contributed by atoms with Gasteiger partial charge in [-0.1, -0.05) is 11.6 Å². The predicted molar refractivity (Wildman–Crippen MR) is 52.0 cm³/mol. The number of hydrogen-bond donors (Lipinski definition) is 0. The summed E-state index contributed by atoms with van der Waals surface area (Å²) in [5.74, 6) is 0.0369. The minimum Gasteiger partial charge on any atom is -0.444 e. The van der Waals surface area contributed by atoms with E-state index in [0.29, 0.717) is 0 Å². The monoisotopic (exact) mass is 247 g/mol. The van der Waals surface area contributed by atoms with E-state index in [9.17, 15) is 13.2 Å². The summed E-state index contributed by atoms with van der Waals surface area (Å²) >= 11 is 5.65. The lowest BCUT2D eigenvalue weighted by Gasteiger charge is -2.10. The molecular formula is C10H5ClF3NO. The van der Waals surface area contributed by atoms with E-state index in [4.69, 9.17) is 16.0 Å². The smallest absolute Gasteiger partial charge is 0.417 e. The molecule has 0 spiro atoms. The van der Waals surface area contributed by atoms with E-state index in [1.165, 1.54) is 18.3 Å². The first-order chi connectivity index (χ1) is 7.48. The molecule has 0 aliphatic rings. The molecule has 0 N–H and O–H groups in total. The Morgan fingerprint density at radius 3 is 2.56 bits per heavy atom. The number of nitrogens with zero attached hydrogens (tertiary/aromatic N) is 1. The maximum atomic E-state index is 12.7. The highest BCUT2D eigenvalue weighted by Crippen LogP contribution is 2.38. The van der Waals surface area contributed by atoms with E-state index >= 15 is 0 Å². The lowest BCUT2D eigenvalue weighted by molar-refractivity contribution is -0.137. The van der Waals surface area contributed by atoms with E-state index in [0.717, 1.165) is 12.5 Å². The van der Waals surface area contributed by atoms with Crippen molar-refractivity contribution in [3.05, 3.63) is 41.4 Å². The molecule has 0 radical (unpaired) electrons. The van der Waals surface area contributed by atoms with Gasteiger partial charge in [-0.2, -0.15) is 13.2 Å². The molecule has 1 heterocycles. The van der Waals surface area contributed by atoms with Gasteiger partial charge < -0.3 is 4.42 Å². The Morgan fingerprint density at radius 2 is 2.00 bits per heavy atom. The average Bonchev–Trinajstić information content (AvgIpc) is 2.68. The molecule has 16 heavy (non-hydrogen) atoms. The van der Waals surface area contributed by atoms with Crippen molar-refractivity contribution in [2.24, 2.45) is 0 Å². The zero-order valence-electron chi connectivity index (χ0n) is 7.75. The van der Waals surface area contributed by atoms with Gasteiger partial charge in [0.2, 0.25) is 0 Å². The number of rotatable bonds is 1. The van der Waals surface area contributed by atoms with Gasteiger partial charge >= 0.3 is 6.18 Å². The maximum absolute atomic E-state index is 12.7. The molecule has 2 nitrogen and oxygen atoms in total. The molecule has 84 valence electrons. The molecule has 0 atom stereocenters. The van der Waals surface area contributed by atoms with Crippen LogP contribution in [0.15, 0.2) is 35.2 Å². The van der Waals surface area contributed by atoms with Crippen molar-refractivity contribution in [1.29, 1.82) is 0 Å². The van der Waals surface area contributed by atoms with Gasteiger partial charge in [0.25, 0.3) is 0 Å². The molecule has 0 unspecified atom stereocenters. The minimum atomic E-state index is -4.45. The summed E-state index contributed by atoms with van der Waals surface area (Å²) in [5, 5.41) is 0.208. The molecule has 0 aliphatic carbocycles. The van der Waals surface area contributed by atoms with Crippen molar-refractivity contribution in [3.8, 4) is 11.3 Å². The molecule has 0 aliphatic heterocycles. The van der Waals surface area contributed by atoms with Crippen LogP contribution in [0.3, 0.4) is 0 Å². The van der Waals surface area contributed by atoms with E-state index in [1.807, 2.05) is 0 Å². The van der Waals surface area contributed by atoms with Gasteiger partial charge in [0.05, 0.1) is 11.8 Å². The van der Waals surface area contributed by atoms with Crippen molar-refractivity contribution in [2.45, 2.75) is 6.18 Å². The molecule has 0 bridgehead atoms. The topological polar surface area (TPSA) is 26.0 Å². The van der Waals surface area contributed by atoms with Gasteiger partial charge in [-0.15, -0.1) is 0 Å². The summed E-state index contributed by atoms with van der Waals surface area (Å²) in [7, 11) is 0. The minimum absolute atomic E-state index is 0.0369. The van der Waals surface area contributed by atoms with Crippen LogP contribution in [0.2, 0.25) is 5.02 Å². The third-order valence-electron chi connectivity index (χ3n) is 1.98. The van der Waals surface area contributed by atoms with Crippen LogP contribution in [0.5, 0.6) is 0 Å². The van der Waals surface area contributed by atoms with Crippen LogP contribution in [0.4, 0.5) is 13.2 Å². The Labute approximate surface area is 93.7 Å². The highest BCUT2D eigenvalue weighted by atomic mass is 35.5.